The SMILES string of the molecule is C=C(C)/C(S)=C(/N)N=CN. The maximum atomic E-state index is 5.39. The lowest BCUT2D eigenvalue weighted by Crippen LogP contribution is -2.00. The van der Waals surface area contributed by atoms with E-state index < -0.39 is 0 Å². The fourth-order valence-electron chi connectivity index (χ4n) is 0.360. The van der Waals surface area contributed by atoms with E-state index >= 15 is 0 Å². The molecule has 10 heavy (non-hydrogen) atoms. The van der Waals surface area contributed by atoms with E-state index in [0.29, 0.717) is 10.7 Å². The number of nitrogens with two attached hydrogens (primary N) is 2. The van der Waals surface area contributed by atoms with Crippen LogP contribution in [0.25, 0.3) is 0 Å². The third-order valence-electron chi connectivity index (χ3n) is 0.860. The molecule has 0 bridgehead atoms. The Morgan fingerprint density at radius 2 is 2.20 bits per heavy atom. The second-order valence-electron chi connectivity index (χ2n) is 1.79. The van der Waals surface area contributed by atoms with Crippen LogP contribution < -0.4 is 11.5 Å². The third kappa shape index (κ3) is 2.59. The molecule has 0 aromatic heterocycles. The van der Waals surface area contributed by atoms with Gasteiger partial charge in [0.2, 0.25) is 0 Å². The lowest BCUT2D eigenvalue weighted by atomic mass is 10.3. The van der Waals surface area contributed by atoms with E-state index in [4.69, 9.17) is 11.5 Å². The largest absolute Gasteiger partial charge is 0.390 e. The smallest absolute Gasteiger partial charge is 0.138 e. The molecule has 0 aromatic carbocycles. The molecular formula is C6H11N3S. The number of hydrogen-bond donors (Lipinski definition) is 3. The van der Waals surface area contributed by atoms with E-state index in [1.54, 1.807) is 6.92 Å². The number of nitrogens with zero attached hydrogens (tertiary/aromatic N) is 1. The molecule has 0 unspecified atom stereocenters. The number of hydrogen-bond acceptors (Lipinski definition) is 3. The number of allylic oxidation sites excluding steroid dienone is 1. The highest BCUT2D eigenvalue weighted by molar-refractivity contribution is 7.84. The van der Waals surface area contributed by atoms with Gasteiger partial charge >= 0.3 is 0 Å². The van der Waals surface area contributed by atoms with Gasteiger partial charge in [0.1, 0.15) is 5.82 Å². The Balaban J connectivity index is 4.50. The lowest BCUT2D eigenvalue weighted by molar-refractivity contribution is 1.22. The van der Waals surface area contributed by atoms with Gasteiger partial charge in [-0.2, -0.15) is 0 Å². The van der Waals surface area contributed by atoms with Gasteiger partial charge < -0.3 is 11.5 Å². The maximum absolute atomic E-state index is 5.39. The average Bonchev–Trinajstić information content (AvgIpc) is 1.87. The van der Waals surface area contributed by atoms with E-state index in [9.17, 15) is 0 Å². The van der Waals surface area contributed by atoms with Crippen LogP contribution >= 0.6 is 12.6 Å². The molecule has 0 amide bonds. The summed E-state index contributed by atoms with van der Waals surface area (Å²) in [7, 11) is 0. The van der Waals surface area contributed by atoms with Crippen LogP contribution in [-0.4, -0.2) is 6.34 Å². The summed E-state index contributed by atoms with van der Waals surface area (Å²) in [5.74, 6) is 0.290. The predicted octanol–water partition coefficient (Wildman–Crippen LogP) is 0.607. The fraction of sp³-hybridized carbons (Fsp3) is 0.167. The number of thiol groups is 1. The first-order chi connectivity index (χ1) is 4.59. The van der Waals surface area contributed by atoms with Crippen molar-refractivity contribution in [2.45, 2.75) is 6.92 Å². The van der Waals surface area contributed by atoms with Crippen molar-refractivity contribution in [1.29, 1.82) is 0 Å². The van der Waals surface area contributed by atoms with Crippen LogP contribution in [0.3, 0.4) is 0 Å². The molecule has 3 nitrogen and oxygen atoms in total. The van der Waals surface area contributed by atoms with Crippen molar-refractivity contribution in [3.8, 4) is 0 Å². The Morgan fingerprint density at radius 1 is 1.70 bits per heavy atom. The third-order valence-corrected chi connectivity index (χ3v) is 1.47. The quantitative estimate of drug-likeness (QED) is 0.238. The summed E-state index contributed by atoms with van der Waals surface area (Å²) in [6, 6.07) is 0. The Bertz CT molecular complexity index is 193. The molecule has 56 valence electrons. The van der Waals surface area contributed by atoms with E-state index in [1.165, 1.54) is 0 Å². The van der Waals surface area contributed by atoms with E-state index in [2.05, 4.69) is 24.2 Å². The zero-order valence-corrected chi connectivity index (χ0v) is 6.73. The molecule has 0 aliphatic carbocycles. The van der Waals surface area contributed by atoms with Gasteiger partial charge in [-0.25, -0.2) is 4.99 Å². The standard InChI is InChI=1S/C6H11N3S/c1-4(2)5(10)6(8)9-3-7/h3,10H,1,8H2,2H3,(H2,7,9)/b6-5+. The van der Waals surface area contributed by atoms with Crippen molar-refractivity contribution in [1.82, 2.24) is 0 Å². The molecule has 0 atom stereocenters. The minimum absolute atomic E-state index is 0.290. The molecule has 0 spiro atoms. The van der Waals surface area contributed by atoms with Crippen molar-refractivity contribution in [2.24, 2.45) is 16.5 Å². The molecule has 0 rings (SSSR count). The molecule has 0 aliphatic heterocycles. The molecular weight excluding hydrogens is 146 g/mol. The number of aliphatic imine (C=N–C) groups is 1. The van der Waals surface area contributed by atoms with Gasteiger partial charge in [0.15, 0.2) is 0 Å². The zero-order chi connectivity index (χ0) is 8.15. The Kier molecular flexibility index (Phi) is 3.64. The Labute approximate surface area is 65.9 Å². The lowest BCUT2D eigenvalue weighted by Gasteiger charge is -1.98. The fourth-order valence-corrected chi connectivity index (χ4v) is 0.418. The van der Waals surface area contributed by atoms with Crippen LogP contribution in [0.5, 0.6) is 0 Å². The van der Waals surface area contributed by atoms with Crippen molar-refractivity contribution >= 4 is 19.0 Å². The molecule has 0 fully saturated rings. The first-order valence-corrected chi connectivity index (χ1v) is 3.13. The van der Waals surface area contributed by atoms with E-state index in [0.717, 1.165) is 11.9 Å². The zero-order valence-electron chi connectivity index (χ0n) is 5.83. The monoisotopic (exact) mass is 157 g/mol. The summed E-state index contributed by atoms with van der Waals surface area (Å²) >= 11 is 4.04. The Hall–Kier alpha value is -0.900. The molecule has 0 radical (unpaired) electrons. The second-order valence-corrected chi connectivity index (χ2v) is 2.24. The van der Waals surface area contributed by atoms with Gasteiger partial charge in [-0.05, 0) is 12.5 Å². The summed E-state index contributed by atoms with van der Waals surface area (Å²) in [5, 5.41) is 0. The Morgan fingerprint density at radius 3 is 2.50 bits per heavy atom. The van der Waals surface area contributed by atoms with Gasteiger partial charge in [0.05, 0.1) is 6.34 Å². The predicted molar refractivity (Wildman–Crippen MR) is 47.7 cm³/mol. The molecule has 0 heterocycles. The highest BCUT2D eigenvalue weighted by Gasteiger charge is 1.95. The first-order valence-electron chi connectivity index (χ1n) is 2.68. The molecule has 4 N–H and O–H groups in total. The molecule has 0 saturated carbocycles. The summed E-state index contributed by atoms with van der Waals surface area (Å²) in [4.78, 5) is 4.19. The van der Waals surface area contributed by atoms with Crippen molar-refractivity contribution in [2.75, 3.05) is 0 Å². The minimum Gasteiger partial charge on any atom is -0.390 e. The van der Waals surface area contributed by atoms with Crippen molar-refractivity contribution in [3.05, 3.63) is 22.9 Å². The molecule has 4 heteroatoms. The highest BCUT2D eigenvalue weighted by Crippen LogP contribution is 2.13. The molecule has 0 saturated heterocycles. The normalized spacial score (nSPS) is 13.4. The van der Waals surface area contributed by atoms with Gasteiger partial charge in [-0.3, -0.25) is 0 Å². The van der Waals surface area contributed by atoms with Crippen LogP contribution in [0.4, 0.5) is 0 Å². The van der Waals surface area contributed by atoms with Crippen LogP contribution in [0, 0.1) is 0 Å². The van der Waals surface area contributed by atoms with Gasteiger partial charge in [-0.1, -0.05) is 6.58 Å². The maximum Gasteiger partial charge on any atom is 0.138 e. The number of rotatable bonds is 2. The second kappa shape index (κ2) is 4.00. The van der Waals surface area contributed by atoms with Gasteiger partial charge in [-0.15, -0.1) is 12.6 Å². The molecule has 0 aromatic rings. The van der Waals surface area contributed by atoms with E-state index in [1.807, 2.05) is 0 Å². The van der Waals surface area contributed by atoms with Crippen molar-refractivity contribution < 1.29 is 0 Å². The topological polar surface area (TPSA) is 64.4 Å². The summed E-state index contributed by atoms with van der Waals surface area (Å²) in [5.41, 5.74) is 11.2. The summed E-state index contributed by atoms with van der Waals surface area (Å²) in [6.45, 7) is 5.42. The van der Waals surface area contributed by atoms with Crippen molar-refractivity contribution in [3.63, 3.8) is 0 Å². The average molecular weight is 157 g/mol. The highest BCUT2D eigenvalue weighted by atomic mass is 32.1. The van der Waals surface area contributed by atoms with Crippen LogP contribution in [0.2, 0.25) is 0 Å². The van der Waals surface area contributed by atoms with E-state index in [-0.39, 0.29) is 0 Å². The first kappa shape index (κ1) is 9.10. The summed E-state index contributed by atoms with van der Waals surface area (Å²) in [6.07, 6.45) is 1.12. The van der Waals surface area contributed by atoms with Crippen LogP contribution in [-0.2, 0) is 0 Å². The summed E-state index contributed by atoms with van der Waals surface area (Å²) < 4.78 is 0. The van der Waals surface area contributed by atoms with Crippen LogP contribution in [0.15, 0.2) is 27.9 Å². The minimum atomic E-state index is 0.290. The molecule has 0 aliphatic rings. The van der Waals surface area contributed by atoms with Gasteiger partial charge in [0.25, 0.3) is 0 Å². The van der Waals surface area contributed by atoms with Gasteiger partial charge in [0, 0.05) is 4.91 Å². The van der Waals surface area contributed by atoms with Crippen LogP contribution in [0.1, 0.15) is 6.92 Å².